The summed E-state index contributed by atoms with van der Waals surface area (Å²) in [4.78, 5) is 12.6. The molecule has 3 rings (SSSR count). The van der Waals surface area contributed by atoms with Crippen molar-refractivity contribution in [3.8, 4) is 0 Å². The van der Waals surface area contributed by atoms with Crippen molar-refractivity contribution < 1.29 is 9.18 Å². The van der Waals surface area contributed by atoms with E-state index in [4.69, 9.17) is 0 Å². The number of rotatable bonds is 3. The van der Waals surface area contributed by atoms with Gasteiger partial charge in [0.15, 0.2) is 0 Å². The molecule has 1 heterocycles. The number of halogens is 1. The van der Waals surface area contributed by atoms with E-state index in [1.807, 2.05) is 6.26 Å². The molecule has 116 valence electrons. The lowest BCUT2D eigenvalue weighted by molar-refractivity contribution is 0.247. The van der Waals surface area contributed by atoms with Gasteiger partial charge in [0.05, 0.1) is 6.20 Å². The predicted molar refractivity (Wildman–Crippen MR) is 84.7 cm³/mol. The molecule has 0 aliphatic heterocycles. The third kappa shape index (κ3) is 3.24. The minimum absolute atomic E-state index is 0.0698. The van der Waals surface area contributed by atoms with Gasteiger partial charge in [-0.15, -0.1) is 11.8 Å². The summed E-state index contributed by atoms with van der Waals surface area (Å²) in [6.45, 7) is 0. The zero-order valence-corrected chi connectivity index (χ0v) is 13.0. The number of aromatic amines is 1. The van der Waals surface area contributed by atoms with Gasteiger partial charge in [0.1, 0.15) is 5.82 Å². The van der Waals surface area contributed by atoms with Gasteiger partial charge < -0.3 is 10.6 Å². The summed E-state index contributed by atoms with van der Waals surface area (Å²) in [6.07, 6.45) is 6.11. The maximum atomic E-state index is 13.7. The second kappa shape index (κ2) is 6.39. The summed E-state index contributed by atoms with van der Waals surface area (Å²) in [5, 5.41) is 12.6. The van der Waals surface area contributed by atoms with Gasteiger partial charge >= 0.3 is 6.03 Å². The van der Waals surface area contributed by atoms with Crippen molar-refractivity contribution in [1.82, 2.24) is 15.5 Å². The molecule has 0 unspecified atom stereocenters. The number of hydrogen-bond donors (Lipinski definition) is 3. The Hall–Kier alpha value is -2.02. The Morgan fingerprint density at radius 1 is 1.50 bits per heavy atom. The minimum atomic E-state index is -0.328. The second-order valence-electron chi connectivity index (χ2n) is 5.26. The molecule has 1 aliphatic carbocycles. The van der Waals surface area contributed by atoms with E-state index < -0.39 is 0 Å². The molecule has 0 radical (unpaired) electrons. The zero-order chi connectivity index (χ0) is 15.5. The fraction of sp³-hybridized carbons (Fsp3) is 0.333. The number of benzene rings is 1. The molecular formula is C15H17FN4OS. The quantitative estimate of drug-likeness (QED) is 0.762. The van der Waals surface area contributed by atoms with Crippen molar-refractivity contribution in [2.75, 3.05) is 11.6 Å². The van der Waals surface area contributed by atoms with E-state index in [1.54, 1.807) is 18.3 Å². The number of carbonyl (C=O) groups is 1. The highest BCUT2D eigenvalue weighted by Gasteiger charge is 2.21. The second-order valence-corrected chi connectivity index (χ2v) is 6.11. The maximum absolute atomic E-state index is 13.7. The number of nitrogens with one attached hydrogen (secondary N) is 3. The lowest BCUT2D eigenvalue weighted by Crippen LogP contribution is -2.41. The van der Waals surface area contributed by atoms with E-state index in [-0.39, 0.29) is 17.9 Å². The lowest BCUT2D eigenvalue weighted by atomic mass is 9.94. The summed E-state index contributed by atoms with van der Waals surface area (Å²) in [5.74, 6) is -0.328. The summed E-state index contributed by atoms with van der Waals surface area (Å²) >= 11 is 1.33. The molecule has 0 saturated carbocycles. The monoisotopic (exact) mass is 320 g/mol. The van der Waals surface area contributed by atoms with E-state index in [0.717, 1.165) is 30.5 Å². The van der Waals surface area contributed by atoms with Crippen LogP contribution < -0.4 is 10.6 Å². The van der Waals surface area contributed by atoms with Crippen molar-refractivity contribution in [2.45, 2.75) is 30.2 Å². The highest BCUT2D eigenvalue weighted by molar-refractivity contribution is 7.98. The molecule has 5 nitrogen and oxygen atoms in total. The Bertz CT molecular complexity index is 688. The number of aryl methyl sites for hydroxylation is 1. The first-order valence-corrected chi connectivity index (χ1v) is 8.30. The molecule has 3 N–H and O–H groups in total. The molecule has 0 saturated heterocycles. The van der Waals surface area contributed by atoms with Gasteiger partial charge in [-0.2, -0.15) is 5.10 Å². The molecule has 0 fully saturated rings. The molecule has 1 aromatic carbocycles. The third-order valence-electron chi connectivity index (χ3n) is 3.76. The normalized spacial score (nSPS) is 16.9. The van der Waals surface area contributed by atoms with E-state index in [1.165, 1.54) is 17.8 Å². The highest BCUT2D eigenvalue weighted by Crippen LogP contribution is 2.22. The van der Waals surface area contributed by atoms with Crippen LogP contribution >= 0.6 is 11.8 Å². The van der Waals surface area contributed by atoms with Crippen molar-refractivity contribution in [1.29, 1.82) is 0 Å². The van der Waals surface area contributed by atoms with E-state index in [0.29, 0.717) is 10.6 Å². The van der Waals surface area contributed by atoms with Crippen molar-refractivity contribution in [3.63, 3.8) is 0 Å². The highest BCUT2D eigenvalue weighted by atomic mass is 32.2. The van der Waals surface area contributed by atoms with E-state index in [9.17, 15) is 9.18 Å². The van der Waals surface area contributed by atoms with Gasteiger partial charge in [-0.05, 0) is 49.3 Å². The van der Waals surface area contributed by atoms with Crippen LogP contribution in [0.25, 0.3) is 0 Å². The van der Waals surface area contributed by atoms with Crippen LogP contribution in [-0.2, 0) is 12.8 Å². The van der Waals surface area contributed by atoms with Crippen LogP contribution in [0.4, 0.5) is 14.9 Å². The smallest absolute Gasteiger partial charge is 0.319 e. The molecule has 2 amide bonds. The number of hydrogen-bond acceptors (Lipinski definition) is 3. The summed E-state index contributed by atoms with van der Waals surface area (Å²) in [7, 11) is 0. The van der Waals surface area contributed by atoms with Gasteiger partial charge in [-0.1, -0.05) is 0 Å². The van der Waals surface area contributed by atoms with Crippen LogP contribution in [0, 0.1) is 5.82 Å². The molecular weight excluding hydrogens is 303 g/mol. The Kier molecular flexibility index (Phi) is 4.33. The van der Waals surface area contributed by atoms with Gasteiger partial charge in [0, 0.05) is 22.3 Å². The third-order valence-corrected chi connectivity index (χ3v) is 4.53. The number of thioether (sulfide) groups is 1. The molecule has 2 aromatic rings. The number of amides is 2. The van der Waals surface area contributed by atoms with Crippen LogP contribution in [0.3, 0.4) is 0 Å². The van der Waals surface area contributed by atoms with Crippen LogP contribution in [0.2, 0.25) is 0 Å². The van der Waals surface area contributed by atoms with Crippen LogP contribution in [0.15, 0.2) is 29.3 Å². The average molecular weight is 320 g/mol. The molecule has 7 heteroatoms. The van der Waals surface area contributed by atoms with Crippen LogP contribution in [-0.4, -0.2) is 28.5 Å². The van der Waals surface area contributed by atoms with Crippen molar-refractivity contribution >= 4 is 23.5 Å². The number of aromatic nitrogens is 2. The zero-order valence-electron chi connectivity index (χ0n) is 12.1. The average Bonchev–Trinajstić information content (AvgIpc) is 2.95. The fourth-order valence-corrected chi connectivity index (χ4v) is 3.09. The lowest BCUT2D eigenvalue weighted by Gasteiger charge is -2.23. The van der Waals surface area contributed by atoms with Crippen molar-refractivity contribution in [3.05, 3.63) is 41.5 Å². The first-order valence-electron chi connectivity index (χ1n) is 7.08. The van der Waals surface area contributed by atoms with Crippen LogP contribution in [0.5, 0.6) is 0 Å². The van der Waals surface area contributed by atoms with E-state index in [2.05, 4.69) is 20.8 Å². The van der Waals surface area contributed by atoms with Crippen LogP contribution in [0.1, 0.15) is 17.7 Å². The predicted octanol–water partition coefficient (Wildman–Crippen LogP) is 2.95. The SMILES string of the molecule is CSc1ccc(NC(=O)N[C@H]2CCc3[nH]ncc3C2)cc1F. The minimum Gasteiger partial charge on any atom is -0.335 e. The maximum Gasteiger partial charge on any atom is 0.319 e. The molecule has 0 spiro atoms. The summed E-state index contributed by atoms with van der Waals surface area (Å²) < 4.78 is 13.7. The van der Waals surface area contributed by atoms with Gasteiger partial charge in [-0.3, -0.25) is 5.10 Å². The molecule has 0 bridgehead atoms. The number of H-pyrrole nitrogens is 1. The summed E-state index contributed by atoms with van der Waals surface area (Å²) in [5.41, 5.74) is 2.74. The molecule has 22 heavy (non-hydrogen) atoms. The number of urea groups is 1. The standard InChI is InChI=1S/C15H17FN4OS/c1-22-14-5-3-11(7-12(14)16)19-15(21)18-10-2-4-13-9(6-10)8-17-20-13/h3,5,7-8,10H,2,4,6H2,1H3,(H,17,20)(H2,18,19,21)/t10-/m0/s1. The van der Waals surface area contributed by atoms with Gasteiger partial charge in [0.25, 0.3) is 0 Å². The Labute approximate surface area is 132 Å². The van der Waals surface area contributed by atoms with Gasteiger partial charge in [-0.25, -0.2) is 9.18 Å². The summed E-state index contributed by atoms with van der Waals surface area (Å²) in [6, 6.07) is 4.45. The Balaban J connectivity index is 1.58. The Morgan fingerprint density at radius 3 is 3.14 bits per heavy atom. The van der Waals surface area contributed by atoms with Crippen molar-refractivity contribution in [2.24, 2.45) is 0 Å². The fourth-order valence-electron chi connectivity index (χ4n) is 2.64. The largest absolute Gasteiger partial charge is 0.335 e. The molecule has 1 aromatic heterocycles. The first-order chi connectivity index (χ1) is 10.7. The molecule has 1 atom stereocenters. The molecule has 1 aliphatic rings. The number of fused-ring (bicyclic) bond motifs is 1. The van der Waals surface area contributed by atoms with E-state index >= 15 is 0 Å². The van der Waals surface area contributed by atoms with Gasteiger partial charge in [0.2, 0.25) is 0 Å². The topological polar surface area (TPSA) is 69.8 Å². The number of anilines is 1. The first kappa shape index (κ1) is 14.9. The Morgan fingerprint density at radius 2 is 2.36 bits per heavy atom. The number of carbonyl (C=O) groups excluding carboxylic acids is 1. The number of nitrogens with zero attached hydrogens (tertiary/aromatic N) is 1.